The van der Waals surface area contributed by atoms with Crippen LogP contribution in [0, 0.1) is 6.92 Å². The van der Waals surface area contributed by atoms with Crippen molar-refractivity contribution in [1.82, 2.24) is 0 Å². The molecule has 1 rings (SSSR count). The van der Waals surface area contributed by atoms with Gasteiger partial charge in [-0.25, -0.2) is 0 Å². The molecule has 0 fully saturated rings. The van der Waals surface area contributed by atoms with Crippen LogP contribution in [-0.2, 0) is 0 Å². The first-order valence-electron chi connectivity index (χ1n) is 4.24. The maximum absolute atomic E-state index is 5.83. The summed E-state index contributed by atoms with van der Waals surface area (Å²) in [5.74, 6) is 0. The Labute approximate surface area is 84.4 Å². The highest BCUT2D eigenvalue weighted by Gasteiger charge is 1.97. The Kier molecular flexibility index (Phi) is 3.38. The van der Waals surface area contributed by atoms with E-state index in [1.165, 1.54) is 0 Å². The fourth-order valence-corrected chi connectivity index (χ4v) is 1.30. The molecule has 0 amide bonds. The zero-order valence-electron chi connectivity index (χ0n) is 8.02. The topological polar surface area (TPSA) is 12.0 Å². The number of nitrogens with one attached hydrogen (secondary N) is 1. The Morgan fingerprint density at radius 1 is 1.54 bits per heavy atom. The number of hydrogen-bond acceptors (Lipinski definition) is 1. The Hall–Kier alpha value is -0.950. The highest BCUT2D eigenvalue weighted by Crippen LogP contribution is 2.19. The minimum absolute atomic E-state index is 0.776. The Balaban J connectivity index is 2.72. The summed E-state index contributed by atoms with van der Waals surface area (Å²) in [5.41, 5.74) is 3.40. The van der Waals surface area contributed by atoms with Gasteiger partial charge in [0.1, 0.15) is 0 Å². The Morgan fingerprint density at radius 2 is 2.23 bits per heavy atom. The molecular weight excluding hydrogens is 182 g/mol. The number of aryl methyl sites for hydroxylation is 1. The van der Waals surface area contributed by atoms with E-state index in [2.05, 4.69) is 11.9 Å². The van der Waals surface area contributed by atoms with E-state index in [4.69, 9.17) is 11.6 Å². The van der Waals surface area contributed by atoms with Crippen LogP contribution < -0.4 is 5.32 Å². The summed E-state index contributed by atoms with van der Waals surface area (Å²) >= 11 is 5.83. The van der Waals surface area contributed by atoms with Gasteiger partial charge in [0.25, 0.3) is 0 Å². The summed E-state index contributed by atoms with van der Waals surface area (Å²) in [7, 11) is 0. The largest absolute Gasteiger partial charge is 0.381 e. The van der Waals surface area contributed by atoms with Crippen LogP contribution in [0.25, 0.3) is 0 Å². The van der Waals surface area contributed by atoms with Crippen molar-refractivity contribution in [3.63, 3.8) is 0 Å². The molecule has 1 aromatic carbocycles. The lowest BCUT2D eigenvalue weighted by molar-refractivity contribution is 1.20. The van der Waals surface area contributed by atoms with E-state index in [1.54, 1.807) is 0 Å². The molecule has 70 valence electrons. The van der Waals surface area contributed by atoms with Crippen LogP contribution >= 0.6 is 11.6 Å². The molecule has 0 spiro atoms. The molecule has 1 N–H and O–H groups in total. The van der Waals surface area contributed by atoms with E-state index in [1.807, 2.05) is 32.0 Å². The number of hydrogen-bond donors (Lipinski definition) is 1. The molecule has 0 saturated heterocycles. The predicted molar refractivity (Wildman–Crippen MR) is 59.5 cm³/mol. The van der Waals surface area contributed by atoms with Gasteiger partial charge in [-0.3, -0.25) is 0 Å². The monoisotopic (exact) mass is 195 g/mol. The molecule has 0 unspecified atom stereocenters. The summed E-state index contributed by atoms with van der Waals surface area (Å²) in [6.07, 6.45) is 0. The van der Waals surface area contributed by atoms with E-state index >= 15 is 0 Å². The fourth-order valence-electron chi connectivity index (χ4n) is 1.07. The quantitative estimate of drug-likeness (QED) is 0.727. The lowest BCUT2D eigenvalue weighted by atomic mass is 10.2. The number of halogens is 1. The highest BCUT2D eigenvalue weighted by atomic mass is 35.5. The van der Waals surface area contributed by atoms with Crippen molar-refractivity contribution in [2.75, 3.05) is 11.9 Å². The lowest BCUT2D eigenvalue weighted by Crippen LogP contribution is -2.02. The first-order valence-corrected chi connectivity index (χ1v) is 4.62. The Bertz CT molecular complexity index is 318. The molecule has 1 nitrogen and oxygen atoms in total. The lowest BCUT2D eigenvalue weighted by Gasteiger charge is -2.09. The van der Waals surface area contributed by atoms with Crippen molar-refractivity contribution in [2.45, 2.75) is 13.8 Å². The second kappa shape index (κ2) is 4.33. The molecule has 0 aliphatic carbocycles. The van der Waals surface area contributed by atoms with Gasteiger partial charge in [0, 0.05) is 17.3 Å². The van der Waals surface area contributed by atoms with E-state index in [-0.39, 0.29) is 0 Å². The molecule has 0 radical (unpaired) electrons. The standard InChI is InChI=1S/C11H14ClN/c1-8(2)7-13-11-5-4-10(12)6-9(11)3/h4-6,13H,1,7H2,2-3H3. The van der Waals surface area contributed by atoms with Crippen LogP contribution in [0.2, 0.25) is 5.02 Å². The first-order chi connectivity index (χ1) is 6.09. The second-order valence-electron chi connectivity index (χ2n) is 3.27. The smallest absolute Gasteiger partial charge is 0.0410 e. The van der Waals surface area contributed by atoms with Crippen molar-refractivity contribution in [2.24, 2.45) is 0 Å². The summed E-state index contributed by atoms with van der Waals surface area (Å²) in [4.78, 5) is 0. The maximum Gasteiger partial charge on any atom is 0.0410 e. The molecule has 0 heterocycles. The third-order valence-corrected chi connectivity index (χ3v) is 2.00. The normalized spacial score (nSPS) is 9.77. The van der Waals surface area contributed by atoms with Crippen molar-refractivity contribution in [1.29, 1.82) is 0 Å². The number of benzene rings is 1. The van der Waals surface area contributed by atoms with E-state index < -0.39 is 0 Å². The molecule has 2 heteroatoms. The fraction of sp³-hybridized carbons (Fsp3) is 0.273. The van der Waals surface area contributed by atoms with Gasteiger partial charge in [-0.05, 0) is 37.6 Å². The summed E-state index contributed by atoms with van der Waals surface area (Å²) in [5, 5.41) is 4.06. The summed E-state index contributed by atoms with van der Waals surface area (Å²) in [6, 6.07) is 5.82. The van der Waals surface area contributed by atoms with E-state index in [9.17, 15) is 0 Å². The van der Waals surface area contributed by atoms with Crippen LogP contribution in [0.4, 0.5) is 5.69 Å². The summed E-state index contributed by atoms with van der Waals surface area (Å²) < 4.78 is 0. The molecule has 0 bridgehead atoms. The average molecular weight is 196 g/mol. The van der Waals surface area contributed by atoms with Crippen LogP contribution in [0.3, 0.4) is 0 Å². The minimum Gasteiger partial charge on any atom is -0.381 e. The summed E-state index contributed by atoms with van der Waals surface area (Å²) in [6.45, 7) is 8.67. The van der Waals surface area contributed by atoms with Gasteiger partial charge >= 0.3 is 0 Å². The Morgan fingerprint density at radius 3 is 2.77 bits per heavy atom. The molecule has 0 aromatic heterocycles. The molecule has 0 saturated carbocycles. The van der Waals surface area contributed by atoms with Crippen LogP contribution in [0.1, 0.15) is 12.5 Å². The third kappa shape index (κ3) is 3.11. The molecule has 0 atom stereocenters. The van der Waals surface area contributed by atoms with Gasteiger partial charge in [-0.2, -0.15) is 0 Å². The van der Waals surface area contributed by atoms with Gasteiger partial charge in [0.2, 0.25) is 0 Å². The van der Waals surface area contributed by atoms with Crippen LogP contribution in [0.5, 0.6) is 0 Å². The maximum atomic E-state index is 5.83. The molecule has 0 aliphatic rings. The molecular formula is C11H14ClN. The average Bonchev–Trinajstić information content (AvgIpc) is 2.02. The third-order valence-electron chi connectivity index (χ3n) is 1.77. The molecule has 13 heavy (non-hydrogen) atoms. The van der Waals surface area contributed by atoms with Gasteiger partial charge in [0.15, 0.2) is 0 Å². The first kappa shape index (κ1) is 10.1. The minimum atomic E-state index is 0.776. The van der Waals surface area contributed by atoms with E-state index in [0.29, 0.717) is 0 Å². The predicted octanol–water partition coefficient (Wildman–Crippen LogP) is 3.64. The second-order valence-corrected chi connectivity index (χ2v) is 3.71. The van der Waals surface area contributed by atoms with Gasteiger partial charge < -0.3 is 5.32 Å². The van der Waals surface area contributed by atoms with Crippen LogP contribution in [0.15, 0.2) is 30.4 Å². The zero-order chi connectivity index (χ0) is 9.84. The van der Waals surface area contributed by atoms with E-state index in [0.717, 1.165) is 28.4 Å². The molecule has 0 aliphatic heterocycles. The SMILES string of the molecule is C=C(C)CNc1ccc(Cl)cc1C. The number of rotatable bonds is 3. The van der Waals surface area contributed by atoms with Gasteiger partial charge in [0.05, 0.1) is 0 Å². The van der Waals surface area contributed by atoms with Crippen molar-refractivity contribution in [3.05, 3.63) is 40.9 Å². The van der Waals surface area contributed by atoms with Crippen molar-refractivity contribution in [3.8, 4) is 0 Å². The van der Waals surface area contributed by atoms with Crippen molar-refractivity contribution >= 4 is 17.3 Å². The molecule has 1 aromatic rings. The van der Waals surface area contributed by atoms with Crippen LogP contribution in [-0.4, -0.2) is 6.54 Å². The zero-order valence-corrected chi connectivity index (χ0v) is 8.78. The number of anilines is 1. The van der Waals surface area contributed by atoms with Crippen molar-refractivity contribution < 1.29 is 0 Å². The highest BCUT2D eigenvalue weighted by molar-refractivity contribution is 6.30. The van der Waals surface area contributed by atoms with Gasteiger partial charge in [-0.15, -0.1) is 0 Å². The van der Waals surface area contributed by atoms with Gasteiger partial charge in [-0.1, -0.05) is 23.8 Å².